The van der Waals surface area contributed by atoms with E-state index in [0.717, 1.165) is 113 Å². The first-order chi connectivity index (χ1) is 33.6. The Morgan fingerprint density at radius 1 is 0.588 bits per heavy atom. The zero-order valence-electron chi connectivity index (χ0n) is 37.5. The van der Waals surface area contributed by atoms with E-state index in [1.807, 2.05) is 12.1 Å². The van der Waals surface area contributed by atoms with E-state index in [4.69, 9.17) is 19.4 Å². The van der Waals surface area contributed by atoms with Gasteiger partial charge in [-0.15, -0.1) is 0 Å². The quantitative estimate of drug-likeness (QED) is 0.128. The van der Waals surface area contributed by atoms with Gasteiger partial charge in [-0.2, -0.15) is 0 Å². The average Bonchev–Trinajstić information content (AvgIpc) is 3.96. The molecule has 0 bridgehead atoms. The van der Waals surface area contributed by atoms with E-state index in [-0.39, 0.29) is 5.92 Å². The maximum Gasteiger partial charge on any atom is 0.164 e. The van der Waals surface area contributed by atoms with Crippen LogP contribution in [0.15, 0.2) is 230 Å². The molecule has 1 atom stereocenters. The second kappa shape index (κ2) is 17.3. The summed E-state index contributed by atoms with van der Waals surface area (Å²) in [4.78, 5) is 15.6. The van der Waals surface area contributed by atoms with E-state index in [0.29, 0.717) is 17.5 Å². The summed E-state index contributed by atoms with van der Waals surface area (Å²) in [7, 11) is 0. The molecule has 7 aromatic carbocycles. The maximum atomic E-state index is 6.63. The Balaban J connectivity index is 1.20. The van der Waals surface area contributed by atoms with Gasteiger partial charge in [0.05, 0.1) is 22.1 Å². The van der Waals surface area contributed by atoms with Gasteiger partial charge in [-0.3, -0.25) is 0 Å². The average molecular weight is 875 g/mol. The molecule has 3 heterocycles. The number of benzene rings is 7. The first kappa shape index (κ1) is 40.8. The maximum absolute atomic E-state index is 6.63. The standard InChI is InChI=1S/C63H46N4O/c1-3-18-41(4-2)61-64-62(48-23-12-7-13-24-48)66-63(65-61)49-39-53(46-33-29-44(30-34-46)42-19-8-5-9-20-42)59(54(40-49)47-35-31-45(32-36-47)43-21-10-6-11-22-43)67-55-27-16-14-25-50(55)51-37-38-57-58(60(51)67)52-26-15-17-28-56(52)68-57/h3-6,8-12,14-31,33-40,45H,1-2,7,13,32H2/b41-18+/t45-/m0/s1. The highest BCUT2D eigenvalue weighted by Crippen LogP contribution is 2.47. The molecular formula is C63H46N4O. The zero-order valence-corrected chi connectivity index (χ0v) is 37.5. The summed E-state index contributed by atoms with van der Waals surface area (Å²) >= 11 is 0. The zero-order chi connectivity index (χ0) is 45.6. The number of rotatable bonds is 10. The number of nitrogens with zero attached hydrogens (tertiary/aromatic N) is 4. The fourth-order valence-corrected chi connectivity index (χ4v) is 10.1. The molecule has 0 saturated heterocycles. The molecule has 2 aliphatic carbocycles. The van der Waals surface area contributed by atoms with Crippen LogP contribution < -0.4 is 0 Å². The monoisotopic (exact) mass is 874 g/mol. The molecule has 0 aliphatic heterocycles. The van der Waals surface area contributed by atoms with Crippen LogP contribution in [0.1, 0.15) is 48.0 Å². The summed E-state index contributed by atoms with van der Waals surface area (Å²) in [5, 5.41) is 4.48. The summed E-state index contributed by atoms with van der Waals surface area (Å²) in [5.41, 5.74) is 15.5. The fraction of sp³-hybridized carbons (Fsp3) is 0.0635. The van der Waals surface area contributed by atoms with Crippen LogP contribution in [0.2, 0.25) is 0 Å². The molecule has 10 aromatic rings. The van der Waals surface area contributed by atoms with E-state index < -0.39 is 0 Å². The smallest absolute Gasteiger partial charge is 0.164 e. The molecule has 0 amide bonds. The van der Waals surface area contributed by atoms with Crippen molar-refractivity contribution >= 4 is 60.5 Å². The molecule has 324 valence electrons. The van der Waals surface area contributed by atoms with Crippen LogP contribution in [-0.4, -0.2) is 19.5 Å². The van der Waals surface area contributed by atoms with Crippen molar-refractivity contribution in [1.29, 1.82) is 0 Å². The van der Waals surface area contributed by atoms with Crippen molar-refractivity contribution in [1.82, 2.24) is 19.5 Å². The van der Waals surface area contributed by atoms with Gasteiger partial charge in [-0.25, -0.2) is 15.0 Å². The largest absolute Gasteiger partial charge is 0.456 e. The molecule has 0 unspecified atom stereocenters. The lowest BCUT2D eigenvalue weighted by Gasteiger charge is -2.24. The van der Waals surface area contributed by atoms with Crippen LogP contribution in [0.4, 0.5) is 0 Å². The lowest BCUT2D eigenvalue weighted by Crippen LogP contribution is -2.08. The highest BCUT2D eigenvalue weighted by Gasteiger charge is 2.27. The van der Waals surface area contributed by atoms with Crippen LogP contribution in [0, 0.1) is 0 Å². The molecule has 0 spiro atoms. The number of hydrogen-bond acceptors (Lipinski definition) is 4. The minimum atomic E-state index is 0.251. The number of fused-ring (bicyclic) bond motifs is 7. The topological polar surface area (TPSA) is 56.7 Å². The Morgan fingerprint density at radius 3 is 2.07 bits per heavy atom. The van der Waals surface area contributed by atoms with E-state index >= 15 is 0 Å². The van der Waals surface area contributed by atoms with Crippen molar-refractivity contribution in [3.63, 3.8) is 0 Å². The van der Waals surface area contributed by atoms with Gasteiger partial charge < -0.3 is 8.98 Å². The van der Waals surface area contributed by atoms with Crippen LogP contribution in [0.3, 0.4) is 0 Å². The Morgan fingerprint density at radius 2 is 1.31 bits per heavy atom. The summed E-state index contributed by atoms with van der Waals surface area (Å²) in [5.74, 6) is 1.99. The molecule has 3 aromatic heterocycles. The Kier molecular flexibility index (Phi) is 10.4. The van der Waals surface area contributed by atoms with Crippen molar-refractivity contribution in [2.24, 2.45) is 0 Å². The Hall–Kier alpha value is -8.67. The van der Waals surface area contributed by atoms with Gasteiger partial charge in [-0.1, -0.05) is 189 Å². The SMILES string of the molecule is C=C/C=C(\C=C)c1nc(C2=CCCC=C2)nc(-c2cc(C3=CC[C@@H](c4ccccc4)C=C3)c(-n3c4ccccc4c4ccc5oc6ccccc6c5c43)c(-c3ccc(-c4ccccc4)cc3)c2)n1. The first-order valence-corrected chi connectivity index (χ1v) is 23.3. The highest BCUT2D eigenvalue weighted by molar-refractivity contribution is 6.25. The van der Waals surface area contributed by atoms with Gasteiger partial charge in [0.1, 0.15) is 11.2 Å². The van der Waals surface area contributed by atoms with Gasteiger partial charge in [0.25, 0.3) is 0 Å². The lowest BCUT2D eigenvalue weighted by atomic mass is 9.85. The normalized spacial score (nSPS) is 15.0. The molecule has 0 saturated carbocycles. The molecular weight excluding hydrogens is 829 g/mol. The summed E-state index contributed by atoms with van der Waals surface area (Å²) in [6.07, 6.45) is 21.8. The molecule has 5 heteroatoms. The van der Waals surface area contributed by atoms with Crippen molar-refractivity contribution < 1.29 is 4.42 Å². The van der Waals surface area contributed by atoms with E-state index in [1.54, 1.807) is 12.2 Å². The number of aromatic nitrogens is 4. The highest BCUT2D eigenvalue weighted by atomic mass is 16.3. The van der Waals surface area contributed by atoms with Gasteiger partial charge in [0, 0.05) is 49.9 Å². The Bertz CT molecular complexity index is 3780. The molecule has 0 radical (unpaired) electrons. The van der Waals surface area contributed by atoms with Crippen LogP contribution in [0.25, 0.3) is 99.8 Å². The number of furan rings is 1. The van der Waals surface area contributed by atoms with Crippen LogP contribution in [0.5, 0.6) is 0 Å². The first-order valence-electron chi connectivity index (χ1n) is 23.3. The van der Waals surface area contributed by atoms with Gasteiger partial charge in [0.2, 0.25) is 0 Å². The summed E-state index contributed by atoms with van der Waals surface area (Å²) < 4.78 is 9.12. The lowest BCUT2D eigenvalue weighted by molar-refractivity contribution is 0.669. The van der Waals surface area contributed by atoms with E-state index in [2.05, 4.69) is 206 Å². The van der Waals surface area contributed by atoms with E-state index in [9.17, 15) is 0 Å². The van der Waals surface area contributed by atoms with Gasteiger partial charge in [0.15, 0.2) is 17.5 Å². The molecule has 0 N–H and O–H groups in total. The minimum Gasteiger partial charge on any atom is -0.456 e. The van der Waals surface area contributed by atoms with Gasteiger partial charge in [-0.05, 0) is 83.5 Å². The minimum absolute atomic E-state index is 0.251. The fourth-order valence-electron chi connectivity index (χ4n) is 10.1. The number of allylic oxidation sites excluding steroid dienone is 12. The van der Waals surface area contributed by atoms with Crippen molar-refractivity contribution in [2.45, 2.75) is 25.2 Å². The van der Waals surface area contributed by atoms with E-state index in [1.165, 1.54) is 10.9 Å². The number of para-hydroxylation sites is 2. The van der Waals surface area contributed by atoms with Crippen molar-refractivity contribution in [3.05, 3.63) is 248 Å². The van der Waals surface area contributed by atoms with Crippen LogP contribution >= 0.6 is 0 Å². The molecule has 0 fully saturated rings. The third-order valence-electron chi connectivity index (χ3n) is 13.4. The van der Waals surface area contributed by atoms with Crippen molar-refractivity contribution in [3.8, 4) is 39.3 Å². The second-order valence-corrected chi connectivity index (χ2v) is 17.4. The second-order valence-electron chi connectivity index (χ2n) is 17.4. The molecule has 68 heavy (non-hydrogen) atoms. The number of hydrogen-bond donors (Lipinski definition) is 0. The Labute approximate surface area is 395 Å². The van der Waals surface area contributed by atoms with Gasteiger partial charge >= 0.3 is 0 Å². The molecule has 5 nitrogen and oxygen atoms in total. The van der Waals surface area contributed by atoms with Crippen LogP contribution in [-0.2, 0) is 0 Å². The molecule has 2 aliphatic rings. The predicted octanol–water partition coefficient (Wildman–Crippen LogP) is 16.5. The van der Waals surface area contributed by atoms with Crippen molar-refractivity contribution in [2.75, 3.05) is 0 Å². The third-order valence-corrected chi connectivity index (χ3v) is 13.4. The summed E-state index contributed by atoms with van der Waals surface area (Å²) in [6.45, 7) is 8.14. The third kappa shape index (κ3) is 7.17. The predicted molar refractivity (Wildman–Crippen MR) is 283 cm³/mol. The molecule has 12 rings (SSSR count). The summed E-state index contributed by atoms with van der Waals surface area (Å²) in [6, 6.07) is 56.4.